The standard InChI is InChI=1S/C15H15N3O/c1-10-7-8-14(19-2)13(9-10)16-15-11-5-3-4-6-12(11)17-18-15/h3-9H,1-2H3,(H2,16,17,18). The van der Waals surface area contributed by atoms with E-state index in [0.29, 0.717) is 0 Å². The number of benzene rings is 2. The second-order valence-electron chi connectivity index (χ2n) is 4.45. The first-order chi connectivity index (χ1) is 9.28. The number of hydrogen-bond donors (Lipinski definition) is 2. The second kappa shape index (κ2) is 4.65. The molecule has 2 aromatic carbocycles. The molecule has 0 amide bonds. The summed E-state index contributed by atoms with van der Waals surface area (Å²) >= 11 is 0. The summed E-state index contributed by atoms with van der Waals surface area (Å²) < 4.78 is 5.36. The molecule has 19 heavy (non-hydrogen) atoms. The molecule has 0 spiro atoms. The quantitative estimate of drug-likeness (QED) is 0.749. The third-order valence-corrected chi connectivity index (χ3v) is 3.08. The number of aryl methyl sites for hydroxylation is 1. The van der Waals surface area contributed by atoms with Crippen LogP contribution in [0.25, 0.3) is 10.9 Å². The minimum absolute atomic E-state index is 0.803. The van der Waals surface area contributed by atoms with Gasteiger partial charge in [0.25, 0.3) is 0 Å². The molecule has 2 N–H and O–H groups in total. The molecule has 1 heterocycles. The van der Waals surface area contributed by atoms with Gasteiger partial charge in [-0.05, 0) is 36.8 Å². The van der Waals surface area contributed by atoms with Gasteiger partial charge >= 0.3 is 0 Å². The Morgan fingerprint density at radius 3 is 2.84 bits per heavy atom. The lowest BCUT2D eigenvalue weighted by molar-refractivity contribution is 0.416. The number of para-hydroxylation sites is 1. The minimum atomic E-state index is 0.803. The van der Waals surface area contributed by atoms with Crippen LogP contribution in [0.4, 0.5) is 11.5 Å². The highest BCUT2D eigenvalue weighted by atomic mass is 16.5. The SMILES string of the molecule is COc1ccc(C)cc1Nc1n[nH]c2ccccc12. The normalized spacial score (nSPS) is 10.6. The lowest BCUT2D eigenvalue weighted by Crippen LogP contribution is -1.95. The molecule has 4 heteroatoms. The van der Waals surface area contributed by atoms with Crippen molar-refractivity contribution in [3.8, 4) is 5.75 Å². The van der Waals surface area contributed by atoms with Gasteiger partial charge in [-0.3, -0.25) is 5.10 Å². The molecule has 0 fully saturated rings. The summed E-state index contributed by atoms with van der Waals surface area (Å²) in [6, 6.07) is 14.0. The molecule has 0 bridgehead atoms. The van der Waals surface area contributed by atoms with Crippen LogP contribution in [0.1, 0.15) is 5.56 Å². The zero-order valence-electron chi connectivity index (χ0n) is 10.9. The average Bonchev–Trinajstić information content (AvgIpc) is 2.83. The monoisotopic (exact) mass is 253 g/mol. The fraction of sp³-hybridized carbons (Fsp3) is 0.133. The van der Waals surface area contributed by atoms with Crippen LogP contribution in [0, 0.1) is 6.92 Å². The smallest absolute Gasteiger partial charge is 0.160 e. The number of aromatic nitrogens is 2. The third-order valence-electron chi connectivity index (χ3n) is 3.08. The lowest BCUT2D eigenvalue weighted by atomic mass is 10.2. The highest BCUT2D eigenvalue weighted by Gasteiger charge is 2.08. The molecular formula is C15H15N3O. The molecule has 3 rings (SSSR count). The van der Waals surface area contributed by atoms with E-state index < -0.39 is 0 Å². The first-order valence-corrected chi connectivity index (χ1v) is 6.12. The summed E-state index contributed by atoms with van der Waals surface area (Å²) in [5.41, 5.74) is 3.10. The van der Waals surface area contributed by atoms with Gasteiger partial charge in [0.05, 0.1) is 18.3 Å². The number of fused-ring (bicyclic) bond motifs is 1. The topological polar surface area (TPSA) is 49.9 Å². The Hall–Kier alpha value is -2.49. The van der Waals surface area contributed by atoms with E-state index in [4.69, 9.17) is 4.74 Å². The van der Waals surface area contributed by atoms with Crippen LogP contribution in [0.5, 0.6) is 5.75 Å². The van der Waals surface area contributed by atoms with E-state index in [2.05, 4.69) is 15.5 Å². The van der Waals surface area contributed by atoms with Crippen molar-refractivity contribution < 1.29 is 4.74 Å². The molecule has 0 saturated carbocycles. The maximum absolute atomic E-state index is 5.36. The summed E-state index contributed by atoms with van der Waals surface area (Å²) in [4.78, 5) is 0. The molecule has 96 valence electrons. The van der Waals surface area contributed by atoms with Crippen LogP contribution in [-0.2, 0) is 0 Å². The molecule has 0 unspecified atom stereocenters. The first kappa shape index (κ1) is 11.6. The van der Waals surface area contributed by atoms with Crippen molar-refractivity contribution in [2.24, 2.45) is 0 Å². The minimum Gasteiger partial charge on any atom is -0.495 e. The van der Waals surface area contributed by atoms with Crippen molar-refractivity contribution in [2.45, 2.75) is 6.92 Å². The lowest BCUT2D eigenvalue weighted by Gasteiger charge is -2.10. The Morgan fingerprint density at radius 2 is 2.00 bits per heavy atom. The molecule has 0 atom stereocenters. The summed E-state index contributed by atoms with van der Waals surface area (Å²) in [6.07, 6.45) is 0. The summed E-state index contributed by atoms with van der Waals surface area (Å²) in [5.74, 6) is 1.61. The number of nitrogens with zero attached hydrogens (tertiary/aromatic N) is 1. The number of ether oxygens (including phenoxy) is 1. The Balaban J connectivity index is 2.03. The van der Waals surface area contributed by atoms with E-state index in [0.717, 1.165) is 28.2 Å². The fourth-order valence-corrected chi connectivity index (χ4v) is 2.11. The Morgan fingerprint density at radius 1 is 1.16 bits per heavy atom. The number of rotatable bonds is 3. The number of H-pyrrole nitrogens is 1. The van der Waals surface area contributed by atoms with E-state index in [1.54, 1.807) is 7.11 Å². The number of aromatic amines is 1. The second-order valence-corrected chi connectivity index (χ2v) is 4.45. The predicted octanol–water partition coefficient (Wildman–Crippen LogP) is 3.62. The Kier molecular flexibility index (Phi) is 2.83. The summed E-state index contributed by atoms with van der Waals surface area (Å²) in [6.45, 7) is 2.05. The van der Waals surface area contributed by atoms with Crippen LogP contribution in [0.2, 0.25) is 0 Å². The Labute approximate surface area is 111 Å². The van der Waals surface area contributed by atoms with E-state index >= 15 is 0 Å². The molecule has 0 aliphatic rings. The number of anilines is 2. The number of nitrogens with one attached hydrogen (secondary N) is 2. The van der Waals surface area contributed by atoms with Gasteiger partial charge in [0.1, 0.15) is 5.75 Å². The summed E-state index contributed by atoms with van der Waals surface area (Å²) in [5, 5.41) is 11.7. The number of hydrogen-bond acceptors (Lipinski definition) is 3. The molecule has 3 aromatic rings. The fourth-order valence-electron chi connectivity index (χ4n) is 2.11. The van der Waals surface area contributed by atoms with E-state index in [1.807, 2.05) is 49.4 Å². The van der Waals surface area contributed by atoms with Crippen LogP contribution in [0.3, 0.4) is 0 Å². The van der Waals surface area contributed by atoms with Gasteiger partial charge in [-0.15, -0.1) is 0 Å². The summed E-state index contributed by atoms with van der Waals surface area (Å²) in [7, 11) is 1.67. The van der Waals surface area contributed by atoms with Crippen molar-refractivity contribution in [3.05, 3.63) is 48.0 Å². The first-order valence-electron chi connectivity index (χ1n) is 6.12. The van der Waals surface area contributed by atoms with Gasteiger partial charge in [0.15, 0.2) is 5.82 Å². The maximum Gasteiger partial charge on any atom is 0.160 e. The van der Waals surface area contributed by atoms with E-state index in [9.17, 15) is 0 Å². The van der Waals surface area contributed by atoms with Gasteiger partial charge in [0.2, 0.25) is 0 Å². The predicted molar refractivity (Wildman–Crippen MR) is 77.1 cm³/mol. The molecule has 4 nitrogen and oxygen atoms in total. The number of methoxy groups -OCH3 is 1. The molecule has 0 aliphatic heterocycles. The van der Waals surface area contributed by atoms with Gasteiger partial charge < -0.3 is 10.1 Å². The van der Waals surface area contributed by atoms with Crippen LogP contribution in [-0.4, -0.2) is 17.3 Å². The van der Waals surface area contributed by atoms with Crippen LogP contribution in [0.15, 0.2) is 42.5 Å². The van der Waals surface area contributed by atoms with Crippen molar-refractivity contribution in [3.63, 3.8) is 0 Å². The molecule has 1 aromatic heterocycles. The van der Waals surface area contributed by atoms with E-state index in [-0.39, 0.29) is 0 Å². The van der Waals surface area contributed by atoms with Crippen LogP contribution < -0.4 is 10.1 Å². The molecule has 0 radical (unpaired) electrons. The van der Waals surface area contributed by atoms with Crippen LogP contribution >= 0.6 is 0 Å². The van der Waals surface area contributed by atoms with Crippen molar-refractivity contribution in [1.82, 2.24) is 10.2 Å². The molecular weight excluding hydrogens is 238 g/mol. The van der Waals surface area contributed by atoms with Gasteiger partial charge in [-0.25, -0.2) is 0 Å². The van der Waals surface area contributed by atoms with Gasteiger partial charge in [0, 0.05) is 5.39 Å². The molecule has 0 saturated heterocycles. The zero-order valence-corrected chi connectivity index (χ0v) is 10.9. The van der Waals surface area contributed by atoms with Gasteiger partial charge in [-0.1, -0.05) is 18.2 Å². The van der Waals surface area contributed by atoms with Crippen molar-refractivity contribution >= 4 is 22.4 Å². The third kappa shape index (κ3) is 2.12. The largest absolute Gasteiger partial charge is 0.495 e. The average molecular weight is 253 g/mol. The van der Waals surface area contributed by atoms with E-state index in [1.165, 1.54) is 5.56 Å². The van der Waals surface area contributed by atoms with Gasteiger partial charge in [-0.2, -0.15) is 5.10 Å². The Bertz CT molecular complexity index is 718. The zero-order chi connectivity index (χ0) is 13.2. The van der Waals surface area contributed by atoms with Crippen molar-refractivity contribution in [2.75, 3.05) is 12.4 Å². The highest BCUT2D eigenvalue weighted by Crippen LogP contribution is 2.30. The maximum atomic E-state index is 5.36. The molecule has 0 aliphatic carbocycles. The van der Waals surface area contributed by atoms with Crippen molar-refractivity contribution in [1.29, 1.82) is 0 Å². The highest BCUT2D eigenvalue weighted by molar-refractivity contribution is 5.91.